The second-order valence-corrected chi connectivity index (χ2v) is 12.7. The number of aliphatic hydroxyl groups is 1. The molecule has 6 heteroatoms. The van der Waals surface area contributed by atoms with Crippen LogP contribution in [-0.4, -0.2) is 50.5 Å². The van der Waals surface area contributed by atoms with Crippen molar-refractivity contribution in [1.29, 1.82) is 0 Å². The van der Waals surface area contributed by atoms with E-state index in [1.54, 1.807) is 0 Å². The van der Waals surface area contributed by atoms with Crippen molar-refractivity contribution in [2.75, 3.05) is 39.6 Å². The van der Waals surface area contributed by atoms with Crippen molar-refractivity contribution in [1.82, 2.24) is 0 Å². The summed E-state index contributed by atoms with van der Waals surface area (Å²) in [7, 11) is 0. The third-order valence-electron chi connectivity index (χ3n) is 10.5. The summed E-state index contributed by atoms with van der Waals surface area (Å²) in [5, 5.41) is 8.95. The standard InChI is InChI=1S/C35H48O6/c1-34-15-13-29-28-12-11-27(39-25-26-9-5-4-6-10-26)23-31(28)33(38-20-19-37-18-8-3-2-7-17-36)24-30(29)32(34)14-16-35(34)40-21-22-41-35/h4-6,9-12,23,29-30,32-33,36H,2-3,7-8,13-22,24-25H2,1H3/t29-,30-,32+,33?,34+/m1/s1. The van der Waals surface area contributed by atoms with E-state index < -0.39 is 0 Å². The molecule has 0 bridgehead atoms. The molecule has 0 radical (unpaired) electrons. The van der Waals surface area contributed by atoms with E-state index in [0.717, 1.165) is 83.4 Å². The van der Waals surface area contributed by atoms with Crippen molar-refractivity contribution < 1.29 is 28.8 Å². The molecular formula is C35H48O6. The molecule has 1 N–H and O–H groups in total. The first kappa shape index (κ1) is 29.1. The Labute approximate surface area is 245 Å². The van der Waals surface area contributed by atoms with Crippen LogP contribution in [0.3, 0.4) is 0 Å². The Balaban J connectivity index is 1.16. The molecular weight excluding hydrogens is 516 g/mol. The largest absolute Gasteiger partial charge is 0.489 e. The van der Waals surface area contributed by atoms with E-state index in [4.69, 9.17) is 28.8 Å². The molecule has 2 saturated carbocycles. The quantitative estimate of drug-likeness (QED) is 0.266. The molecule has 2 aromatic rings. The Bertz CT molecular complexity index is 1110. The molecule has 6 nitrogen and oxygen atoms in total. The van der Waals surface area contributed by atoms with Crippen LogP contribution in [0.2, 0.25) is 0 Å². The average molecular weight is 565 g/mol. The SMILES string of the molecule is C[C@]12CC[C@@H]3c4ccc(OCc5ccccc5)cc4C(OCCOCCCCCCO)C[C@H]3[C@@H]1CCC21OCCO1. The van der Waals surface area contributed by atoms with Gasteiger partial charge >= 0.3 is 0 Å². The van der Waals surface area contributed by atoms with Gasteiger partial charge in [-0.3, -0.25) is 0 Å². The summed E-state index contributed by atoms with van der Waals surface area (Å²) < 4.78 is 31.5. The summed E-state index contributed by atoms with van der Waals surface area (Å²) in [5.41, 5.74) is 3.97. The van der Waals surface area contributed by atoms with Gasteiger partial charge in [-0.25, -0.2) is 0 Å². The number of hydrogen-bond acceptors (Lipinski definition) is 6. The minimum absolute atomic E-state index is 0.0315. The number of ether oxygens (including phenoxy) is 5. The second kappa shape index (κ2) is 13.1. The predicted molar refractivity (Wildman–Crippen MR) is 158 cm³/mol. The van der Waals surface area contributed by atoms with Gasteiger partial charge in [0.2, 0.25) is 0 Å². The van der Waals surface area contributed by atoms with Crippen molar-refractivity contribution >= 4 is 0 Å². The highest BCUT2D eigenvalue weighted by atomic mass is 16.7. The van der Waals surface area contributed by atoms with Crippen LogP contribution in [0.15, 0.2) is 48.5 Å². The van der Waals surface area contributed by atoms with Crippen molar-refractivity contribution in [2.45, 2.75) is 89.1 Å². The Morgan fingerprint density at radius 3 is 2.54 bits per heavy atom. The first-order valence-electron chi connectivity index (χ1n) is 16.0. The number of aliphatic hydroxyl groups excluding tert-OH is 1. The van der Waals surface area contributed by atoms with Crippen LogP contribution in [0.4, 0.5) is 0 Å². The van der Waals surface area contributed by atoms with Crippen LogP contribution in [0.5, 0.6) is 5.75 Å². The molecule has 1 aliphatic heterocycles. The average Bonchev–Trinajstić information content (AvgIpc) is 3.61. The van der Waals surface area contributed by atoms with Gasteiger partial charge < -0.3 is 28.8 Å². The topological polar surface area (TPSA) is 66.4 Å². The van der Waals surface area contributed by atoms with Crippen molar-refractivity contribution in [3.05, 3.63) is 65.2 Å². The lowest BCUT2D eigenvalue weighted by molar-refractivity contribution is -0.238. The highest BCUT2D eigenvalue weighted by Crippen LogP contribution is 2.67. The third-order valence-corrected chi connectivity index (χ3v) is 10.5. The zero-order valence-electron chi connectivity index (χ0n) is 24.7. The molecule has 1 heterocycles. The molecule has 0 amide bonds. The number of benzene rings is 2. The molecule has 6 rings (SSSR count). The van der Waals surface area contributed by atoms with E-state index in [1.807, 2.05) is 6.07 Å². The maximum atomic E-state index is 8.95. The highest BCUT2D eigenvalue weighted by Gasteiger charge is 2.65. The lowest BCUT2D eigenvalue weighted by Gasteiger charge is -2.53. The number of rotatable bonds is 13. The predicted octanol–water partition coefficient (Wildman–Crippen LogP) is 6.95. The summed E-state index contributed by atoms with van der Waals surface area (Å²) in [6.07, 6.45) is 9.60. The van der Waals surface area contributed by atoms with Crippen LogP contribution in [0, 0.1) is 17.3 Å². The molecule has 224 valence electrons. The van der Waals surface area contributed by atoms with Gasteiger partial charge in [0.05, 0.1) is 32.5 Å². The summed E-state index contributed by atoms with van der Waals surface area (Å²) in [5.74, 6) is 2.19. The van der Waals surface area contributed by atoms with Gasteiger partial charge in [-0.15, -0.1) is 0 Å². The van der Waals surface area contributed by atoms with Gasteiger partial charge in [-0.1, -0.05) is 56.2 Å². The number of unbranched alkanes of at least 4 members (excludes halogenated alkanes) is 3. The zero-order chi connectivity index (χ0) is 28.1. The van der Waals surface area contributed by atoms with E-state index in [2.05, 4.69) is 49.4 Å². The highest BCUT2D eigenvalue weighted by molar-refractivity contribution is 5.42. The van der Waals surface area contributed by atoms with E-state index in [-0.39, 0.29) is 23.9 Å². The van der Waals surface area contributed by atoms with Crippen LogP contribution in [-0.2, 0) is 25.6 Å². The second-order valence-electron chi connectivity index (χ2n) is 12.7. The van der Waals surface area contributed by atoms with Gasteiger partial charge in [0.25, 0.3) is 0 Å². The minimum atomic E-state index is -0.389. The van der Waals surface area contributed by atoms with Crippen LogP contribution >= 0.6 is 0 Å². The Kier molecular flexibility index (Phi) is 9.33. The normalized spacial score (nSPS) is 29.7. The van der Waals surface area contributed by atoms with Gasteiger partial charge in [-0.05, 0) is 85.1 Å². The summed E-state index contributed by atoms with van der Waals surface area (Å²) in [6, 6.07) is 17.1. The van der Waals surface area contributed by atoms with Gasteiger partial charge in [0.15, 0.2) is 5.79 Å². The summed E-state index contributed by atoms with van der Waals surface area (Å²) in [6.45, 7) is 6.66. The Morgan fingerprint density at radius 1 is 0.878 bits per heavy atom. The fourth-order valence-corrected chi connectivity index (χ4v) is 8.44. The first-order chi connectivity index (χ1) is 20.1. The molecule has 1 unspecified atom stereocenters. The molecule has 0 aromatic heterocycles. The van der Waals surface area contributed by atoms with Crippen LogP contribution in [0.25, 0.3) is 0 Å². The maximum absolute atomic E-state index is 8.95. The molecule has 2 aromatic carbocycles. The lowest BCUT2D eigenvalue weighted by Crippen LogP contribution is -2.51. The monoisotopic (exact) mass is 564 g/mol. The van der Waals surface area contributed by atoms with Crippen molar-refractivity contribution in [3.63, 3.8) is 0 Å². The Morgan fingerprint density at radius 2 is 1.71 bits per heavy atom. The third kappa shape index (κ3) is 5.96. The molecule has 5 atom stereocenters. The molecule has 1 saturated heterocycles. The Hall–Kier alpha value is -1.96. The van der Waals surface area contributed by atoms with E-state index in [9.17, 15) is 0 Å². The van der Waals surface area contributed by atoms with Gasteiger partial charge in [-0.2, -0.15) is 0 Å². The van der Waals surface area contributed by atoms with Gasteiger partial charge in [0, 0.05) is 25.0 Å². The number of fused-ring (bicyclic) bond motifs is 6. The number of hydrogen-bond donors (Lipinski definition) is 1. The van der Waals surface area contributed by atoms with Crippen molar-refractivity contribution in [2.24, 2.45) is 17.3 Å². The summed E-state index contributed by atoms with van der Waals surface area (Å²) in [4.78, 5) is 0. The minimum Gasteiger partial charge on any atom is -0.489 e. The summed E-state index contributed by atoms with van der Waals surface area (Å²) >= 11 is 0. The van der Waals surface area contributed by atoms with Crippen LogP contribution < -0.4 is 4.74 Å². The smallest absolute Gasteiger partial charge is 0.174 e. The first-order valence-corrected chi connectivity index (χ1v) is 16.0. The van der Waals surface area contributed by atoms with Gasteiger partial charge in [0.1, 0.15) is 12.4 Å². The lowest BCUT2D eigenvalue weighted by atomic mass is 9.54. The molecule has 4 aliphatic rings. The maximum Gasteiger partial charge on any atom is 0.174 e. The van der Waals surface area contributed by atoms with E-state index in [0.29, 0.717) is 37.6 Å². The fraction of sp³-hybridized carbons (Fsp3) is 0.657. The zero-order valence-corrected chi connectivity index (χ0v) is 24.7. The van der Waals surface area contributed by atoms with E-state index >= 15 is 0 Å². The molecule has 1 spiro atoms. The van der Waals surface area contributed by atoms with E-state index in [1.165, 1.54) is 16.7 Å². The van der Waals surface area contributed by atoms with Crippen molar-refractivity contribution in [3.8, 4) is 5.75 Å². The van der Waals surface area contributed by atoms with Crippen LogP contribution in [0.1, 0.15) is 93.4 Å². The fourth-order valence-electron chi connectivity index (χ4n) is 8.44. The molecule has 3 fully saturated rings. The molecule has 41 heavy (non-hydrogen) atoms. The molecule has 3 aliphatic carbocycles.